The number of phenolic OH excluding ortho intramolecular Hbond substituents is 1. The van der Waals surface area contributed by atoms with Gasteiger partial charge in [0, 0.05) is 16.9 Å². The number of carbonyl (C=O) groups is 5. The highest BCUT2D eigenvalue weighted by molar-refractivity contribution is 6.58. The van der Waals surface area contributed by atoms with Crippen molar-refractivity contribution in [2.75, 3.05) is 9.80 Å². The van der Waals surface area contributed by atoms with Crippen LogP contribution < -0.4 is 9.80 Å². The van der Waals surface area contributed by atoms with E-state index < -0.39 is 98.2 Å². The number of halogens is 7. The van der Waals surface area contributed by atoms with E-state index in [0.717, 1.165) is 4.90 Å². The summed E-state index contributed by atoms with van der Waals surface area (Å²) in [5, 5.41) is 11.3. The molecule has 2 aliphatic carbocycles. The van der Waals surface area contributed by atoms with Crippen LogP contribution in [0.15, 0.2) is 72.3 Å². The van der Waals surface area contributed by atoms with Crippen LogP contribution in [0.1, 0.15) is 41.6 Å². The fraction of sp³-hybridized carbons (Fsp3) is 0.237. The van der Waals surface area contributed by atoms with Gasteiger partial charge in [-0.1, -0.05) is 42.0 Å². The molecule has 8 rings (SSSR count). The van der Waals surface area contributed by atoms with Gasteiger partial charge in [-0.25, -0.2) is 26.9 Å². The summed E-state index contributed by atoms with van der Waals surface area (Å²) < 4.78 is 73.9. The molecule has 53 heavy (non-hydrogen) atoms. The average molecular weight is 770 g/mol. The number of alkyl halides is 2. The van der Waals surface area contributed by atoms with Crippen LogP contribution in [0.3, 0.4) is 0 Å². The van der Waals surface area contributed by atoms with Crippen molar-refractivity contribution in [1.82, 2.24) is 0 Å². The molecule has 1 N–H and O–H groups in total. The number of fused-ring (bicyclic) bond motifs is 5. The first-order valence-corrected chi connectivity index (χ1v) is 17.0. The number of aromatic hydroxyl groups is 1. The second-order valence-corrected chi connectivity index (χ2v) is 14.8. The largest absolute Gasteiger partial charge is 0.507 e. The highest BCUT2D eigenvalue weighted by Crippen LogP contribution is 2.66. The van der Waals surface area contributed by atoms with Gasteiger partial charge in [0.2, 0.25) is 17.6 Å². The summed E-state index contributed by atoms with van der Waals surface area (Å²) in [5.41, 5.74) is -0.932. The molecule has 0 radical (unpaired) electrons. The molecule has 4 amide bonds. The highest BCUT2D eigenvalue weighted by atomic mass is 35.5. The number of hydrogen-bond acceptors (Lipinski definition) is 6. The van der Waals surface area contributed by atoms with Crippen LogP contribution in [0.2, 0.25) is 0 Å². The van der Waals surface area contributed by atoms with Crippen molar-refractivity contribution in [3.8, 4) is 5.75 Å². The monoisotopic (exact) mass is 768 g/mol. The normalized spacial score (nSPS) is 28.0. The molecule has 6 atom stereocenters. The molecule has 4 aliphatic rings. The predicted molar refractivity (Wildman–Crippen MR) is 181 cm³/mol. The van der Waals surface area contributed by atoms with Gasteiger partial charge in [-0.2, -0.15) is 0 Å². The maximum atomic E-state index is 15.3. The van der Waals surface area contributed by atoms with E-state index >= 15 is 8.78 Å². The zero-order valence-electron chi connectivity index (χ0n) is 27.1. The van der Waals surface area contributed by atoms with Crippen molar-refractivity contribution in [3.63, 3.8) is 0 Å². The number of anilines is 2. The maximum absolute atomic E-state index is 15.3. The molecule has 8 nitrogen and oxygen atoms in total. The summed E-state index contributed by atoms with van der Waals surface area (Å²) in [5.74, 6) is -22.1. The van der Waals surface area contributed by atoms with E-state index in [1.54, 1.807) is 30.3 Å². The molecule has 15 heteroatoms. The standard InChI is InChI=1S/C38H23Cl2F5N2O6/c1-15(48)16-6-8-17(9-7-16)46-33(50)22-11-10-21-23(25(22)34(46)51)14-37(39)35(52)47(32-30(44)28(42)27(41)29(43)31(32)45)36(53)38(37,40)26(21)20-12-13-24(49)19-5-3-2-4-18(19)20/h2-10,12-13,22-23,25-26,49H,11,14H2,1H3. The Kier molecular flexibility index (Phi) is 7.69. The number of imide groups is 2. The maximum Gasteiger partial charge on any atom is 0.258 e. The topological polar surface area (TPSA) is 112 Å². The molecule has 0 aromatic heterocycles. The van der Waals surface area contributed by atoms with E-state index in [-0.39, 0.29) is 45.1 Å². The minimum atomic E-state index is -2.71. The molecule has 4 aromatic rings. The predicted octanol–water partition coefficient (Wildman–Crippen LogP) is 7.21. The van der Waals surface area contributed by atoms with Crippen LogP contribution >= 0.6 is 23.2 Å². The Morgan fingerprint density at radius 3 is 1.98 bits per heavy atom. The smallest absolute Gasteiger partial charge is 0.258 e. The molecule has 2 saturated heterocycles. The number of ketones is 1. The number of phenols is 1. The number of Topliss-reactive ketones (excluding diaryl/α,β-unsaturated/α-hetero) is 1. The average Bonchev–Trinajstić information content (AvgIpc) is 3.48. The lowest BCUT2D eigenvalue weighted by Crippen LogP contribution is -2.60. The third-order valence-electron chi connectivity index (χ3n) is 11.0. The summed E-state index contributed by atoms with van der Waals surface area (Å²) >= 11 is 14.5. The fourth-order valence-corrected chi connectivity index (χ4v) is 9.50. The summed E-state index contributed by atoms with van der Waals surface area (Å²) in [6.07, 6.45) is 0.872. The Balaban J connectivity index is 1.34. The molecule has 0 bridgehead atoms. The fourth-order valence-electron chi connectivity index (χ4n) is 8.57. The van der Waals surface area contributed by atoms with E-state index in [1.807, 2.05) is 0 Å². The second kappa shape index (κ2) is 11.7. The van der Waals surface area contributed by atoms with Crippen LogP contribution in [-0.4, -0.2) is 44.3 Å². The molecule has 0 spiro atoms. The van der Waals surface area contributed by atoms with Gasteiger partial charge in [0.25, 0.3) is 11.8 Å². The van der Waals surface area contributed by atoms with Crippen molar-refractivity contribution >= 4 is 74.8 Å². The Hall–Kier alpha value is -5.14. The molecule has 6 unspecified atom stereocenters. The van der Waals surface area contributed by atoms with Crippen molar-refractivity contribution in [2.24, 2.45) is 17.8 Å². The summed E-state index contributed by atoms with van der Waals surface area (Å²) in [6, 6.07) is 14.7. The number of hydrogen-bond donors (Lipinski definition) is 1. The van der Waals surface area contributed by atoms with Crippen molar-refractivity contribution < 1.29 is 51.0 Å². The minimum absolute atomic E-state index is 0.0542. The van der Waals surface area contributed by atoms with E-state index in [9.17, 15) is 42.3 Å². The summed E-state index contributed by atoms with van der Waals surface area (Å²) in [4.78, 5) is 64.5. The number of carbonyl (C=O) groups excluding carboxylic acids is 5. The lowest BCUT2D eigenvalue weighted by molar-refractivity contribution is -0.125. The van der Waals surface area contributed by atoms with Crippen LogP contribution in [0, 0.1) is 46.8 Å². The van der Waals surface area contributed by atoms with E-state index in [2.05, 4.69) is 0 Å². The van der Waals surface area contributed by atoms with Crippen LogP contribution in [0.5, 0.6) is 5.75 Å². The van der Waals surface area contributed by atoms with E-state index in [1.165, 1.54) is 43.3 Å². The number of rotatable bonds is 4. The van der Waals surface area contributed by atoms with Gasteiger partial charge < -0.3 is 5.11 Å². The van der Waals surface area contributed by atoms with Crippen LogP contribution in [0.25, 0.3) is 10.8 Å². The Labute approximate surface area is 306 Å². The summed E-state index contributed by atoms with van der Waals surface area (Å²) in [6.45, 7) is 1.35. The van der Waals surface area contributed by atoms with Gasteiger partial charge in [-0.05, 0) is 67.0 Å². The molecular weight excluding hydrogens is 746 g/mol. The quantitative estimate of drug-likeness (QED) is 0.0447. The number of amides is 4. The lowest BCUT2D eigenvalue weighted by Gasteiger charge is -2.51. The number of nitrogens with zero attached hydrogens (tertiary/aromatic N) is 2. The van der Waals surface area contributed by atoms with E-state index in [4.69, 9.17) is 23.2 Å². The lowest BCUT2D eigenvalue weighted by atomic mass is 9.56. The Bertz CT molecular complexity index is 2400. The Morgan fingerprint density at radius 1 is 0.755 bits per heavy atom. The van der Waals surface area contributed by atoms with Gasteiger partial charge in [0.15, 0.2) is 38.8 Å². The highest BCUT2D eigenvalue weighted by Gasteiger charge is 2.77. The van der Waals surface area contributed by atoms with E-state index in [0.29, 0.717) is 10.9 Å². The minimum Gasteiger partial charge on any atom is -0.507 e. The van der Waals surface area contributed by atoms with Gasteiger partial charge in [-0.15, -0.1) is 23.2 Å². The van der Waals surface area contributed by atoms with Gasteiger partial charge in [-0.3, -0.25) is 28.9 Å². The zero-order valence-corrected chi connectivity index (χ0v) is 28.6. The first kappa shape index (κ1) is 34.9. The molecule has 2 heterocycles. The first-order chi connectivity index (χ1) is 25.1. The SMILES string of the molecule is CC(=O)c1ccc(N2C(=O)C3CC=C4C(CC5(Cl)C(=O)N(c6c(F)c(F)c(F)c(F)c6F)C(=O)C5(Cl)C4c4ccc(O)c5ccccc45)C3C2=O)cc1. The van der Waals surface area contributed by atoms with Gasteiger partial charge in [0.1, 0.15) is 11.4 Å². The van der Waals surface area contributed by atoms with Gasteiger partial charge in [0.05, 0.1) is 17.5 Å². The molecule has 3 fully saturated rings. The molecule has 1 saturated carbocycles. The summed E-state index contributed by atoms with van der Waals surface area (Å²) in [7, 11) is 0. The second-order valence-electron chi connectivity index (χ2n) is 13.5. The van der Waals surface area contributed by atoms with Crippen LogP contribution in [0.4, 0.5) is 33.3 Å². The number of benzene rings is 4. The molecule has 4 aromatic carbocycles. The Morgan fingerprint density at radius 2 is 1.36 bits per heavy atom. The molecule has 270 valence electrons. The third-order valence-corrected chi connectivity index (χ3v) is 12.4. The number of allylic oxidation sites excluding steroid dienone is 2. The molecular formula is C38H23Cl2F5N2O6. The van der Waals surface area contributed by atoms with Crippen molar-refractivity contribution in [1.29, 1.82) is 0 Å². The third kappa shape index (κ3) is 4.43. The molecule has 2 aliphatic heterocycles. The van der Waals surface area contributed by atoms with Gasteiger partial charge >= 0.3 is 0 Å². The zero-order chi connectivity index (χ0) is 38.0. The van der Waals surface area contributed by atoms with Crippen molar-refractivity contribution in [2.45, 2.75) is 35.4 Å². The van der Waals surface area contributed by atoms with Crippen molar-refractivity contribution in [3.05, 3.63) is 113 Å². The van der Waals surface area contributed by atoms with Crippen LogP contribution in [-0.2, 0) is 19.2 Å². The first-order valence-electron chi connectivity index (χ1n) is 16.2.